The molecule has 59 valence electrons. The van der Waals surface area contributed by atoms with Crippen molar-refractivity contribution in [2.75, 3.05) is 12.8 Å². The number of hydrogen-bond donors (Lipinski definition) is 1. The van der Waals surface area contributed by atoms with Crippen LogP contribution in [0.1, 0.15) is 11.3 Å². The molecule has 1 rings (SSSR count). The third kappa shape index (κ3) is 1.42. The van der Waals surface area contributed by atoms with Crippen molar-refractivity contribution in [1.29, 1.82) is 0 Å². The zero-order valence-electron chi connectivity index (χ0n) is 7.05. The summed E-state index contributed by atoms with van der Waals surface area (Å²) in [7, 11) is 1.72. The van der Waals surface area contributed by atoms with E-state index in [2.05, 4.69) is 10.3 Å². The molecular weight excluding hydrogens is 138 g/mol. The van der Waals surface area contributed by atoms with Crippen molar-refractivity contribution in [3.63, 3.8) is 0 Å². The summed E-state index contributed by atoms with van der Waals surface area (Å²) in [6.45, 7) is 3.90. The van der Waals surface area contributed by atoms with Gasteiger partial charge in [0.2, 0.25) is 0 Å². The maximum Gasteiger partial charge on any atom is 0.149 e. The van der Waals surface area contributed by atoms with Crippen LogP contribution in [0.3, 0.4) is 0 Å². The molecule has 0 bridgehead atoms. The van der Waals surface area contributed by atoms with E-state index in [-0.39, 0.29) is 0 Å². The van der Waals surface area contributed by atoms with Crippen LogP contribution in [0.25, 0.3) is 0 Å². The Bertz CT molecular complexity index is 245. The standard InChI is InChI=1S/C8H12N3/c1-5-4-6(2)11-8(9)7(5)10-3/h4H,1-3H3,(H2,9,11). The van der Waals surface area contributed by atoms with Crippen molar-refractivity contribution >= 4 is 11.5 Å². The lowest BCUT2D eigenvalue weighted by Gasteiger charge is -2.06. The fraction of sp³-hybridized carbons (Fsp3) is 0.375. The minimum absolute atomic E-state index is 0.519. The molecular formula is C8H12N3. The summed E-state index contributed by atoms with van der Waals surface area (Å²) < 4.78 is 0. The van der Waals surface area contributed by atoms with Gasteiger partial charge in [0.1, 0.15) is 11.5 Å². The first-order chi connectivity index (χ1) is 5.15. The molecule has 3 nitrogen and oxygen atoms in total. The predicted octanol–water partition coefficient (Wildman–Crippen LogP) is 1.15. The van der Waals surface area contributed by atoms with Crippen LogP contribution in [0, 0.1) is 13.8 Å². The Kier molecular flexibility index (Phi) is 1.98. The number of anilines is 1. The Morgan fingerprint density at radius 3 is 2.55 bits per heavy atom. The van der Waals surface area contributed by atoms with Gasteiger partial charge in [-0.25, -0.2) is 4.98 Å². The highest BCUT2D eigenvalue weighted by Gasteiger charge is 2.03. The van der Waals surface area contributed by atoms with E-state index in [0.717, 1.165) is 16.9 Å². The van der Waals surface area contributed by atoms with Crippen LogP contribution in [0.2, 0.25) is 0 Å². The van der Waals surface area contributed by atoms with Gasteiger partial charge in [0.15, 0.2) is 0 Å². The second-order valence-corrected chi connectivity index (χ2v) is 2.54. The molecule has 1 heterocycles. The molecule has 1 aromatic heterocycles. The van der Waals surface area contributed by atoms with E-state index < -0.39 is 0 Å². The van der Waals surface area contributed by atoms with Gasteiger partial charge in [-0.2, -0.15) is 0 Å². The lowest BCUT2D eigenvalue weighted by atomic mass is 10.2. The number of pyridine rings is 1. The normalized spacial score (nSPS) is 9.73. The molecule has 0 unspecified atom stereocenters. The van der Waals surface area contributed by atoms with Gasteiger partial charge in [0, 0.05) is 12.7 Å². The molecule has 0 aliphatic carbocycles. The SMILES string of the molecule is C[N]c1c(C)cc(C)nc1N. The third-order valence-electron chi connectivity index (χ3n) is 1.56. The van der Waals surface area contributed by atoms with E-state index in [1.807, 2.05) is 19.9 Å². The van der Waals surface area contributed by atoms with Crippen molar-refractivity contribution in [3.8, 4) is 0 Å². The molecule has 1 aromatic rings. The molecule has 0 aliphatic heterocycles. The van der Waals surface area contributed by atoms with Gasteiger partial charge in [-0.15, -0.1) is 0 Å². The number of aromatic nitrogens is 1. The number of aryl methyl sites for hydroxylation is 2. The van der Waals surface area contributed by atoms with Gasteiger partial charge >= 0.3 is 0 Å². The number of hydrogen-bond acceptors (Lipinski definition) is 2. The summed E-state index contributed by atoms with van der Waals surface area (Å²) >= 11 is 0. The Labute approximate surface area is 66.6 Å². The number of nitrogens with two attached hydrogens (primary N) is 1. The largest absolute Gasteiger partial charge is 0.382 e. The zero-order valence-corrected chi connectivity index (χ0v) is 7.05. The van der Waals surface area contributed by atoms with Crippen molar-refractivity contribution in [1.82, 2.24) is 10.3 Å². The van der Waals surface area contributed by atoms with E-state index in [0.29, 0.717) is 5.82 Å². The van der Waals surface area contributed by atoms with Crippen LogP contribution in [-0.4, -0.2) is 12.0 Å². The molecule has 2 N–H and O–H groups in total. The van der Waals surface area contributed by atoms with Gasteiger partial charge in [-0.3, -0.25) is 5.32 Å². The minimum Gasteiger partial charge on any atom is -0.382 e. The lowest BCUT2D eigenvalue weighted by molar-refractivity contribution is 1.04. The highest BCUT2D eigenvalue weighted by Crippen LogP contribution is 2.20. The molecule has 0 atom stereocenters. The summed E-state index contributed by atoms with van der Waals surface area (Å²) in [5, 5.41) is 4.02. The third-order valence-corrected chi connectivity index (χ3v) is 1.56. The molecule has 1 radical (unpaired) electrons. The summed E-state index contributed by atoms with van der Waals surface area (Å²) in [6.07, 6.45) is 0. The van der Waals surface area contributed by atoms with E-state index in [4.69, 9.17) is 5.73 Å². The zero-order chi connectivity index (χ0) is 8.43. The Balaban J connectivity index is 3.25. The quantitative estimate of drug-likeness (QED) is 0.652. The molecule has 11 heavy (non-hydrogen) atoms. The Morgan fingerprint density at radius 1 is 1.45 bits per heavy atom. The summed E-state index contributed by atoms with van der Waals surface area (Å²) in [4.78, 5) is 4.09. The van der Waals surface area contributed by atoms with Gasteiger partial charge in [0.05, 0.1) is 0 Å². The van der Waals surface area contributed by atoms with Crippen LogP contribution < -0.4 is 11.1 Å². The van der Waals surface area contributed by atoms with Gasteiger partial charge in [0.25, 0.3) is 0 Å². The fourth-order valence-corrected chi connectivity index (χ4v) is 1.15. The van der Waals surface area contributed by atoms with Gasteiger partial charge < -0.3 is 5.73 Å². The molecule has 0 aliphatic rings. The average Bonchev–Trinajstić information content (AvgIpc) is 1.85. The van der Waals surface area contributed by atoms with E-state index >= 15 is 0 Å². The molecule has 0 amide bonds. The molecule has 3 heteroatoms. The first-order valence-electron chi connectivity index (χ1n) is 3.48. The smallest absolute Gasteiger partial charge is 0.149 e. The highest BCUT2D eigenvalue weighted by molar-refractivity contribution is 5.61. The highest BCUT2D eigenvalue weighted by atomic mass is 14.9. The van der Waals surface area contributed by atoms with Crippen LogP contribution >= 0.6 is 0 Å². The number of nitrogen functional groups attached to an aromatic ring is 1. The second-order valence-electron chi connectivity index (χ2n) is 2.54. The first-order valence-corrected chi connectivity index (χ1v) is 3.48. The van der Waals surface area contributed by atoms with E-state index in [9.17, 15) is 0 Å². The minimum atomic E-state index is 0.519. The second kappa shape index (κ2) is 2.78. The topological polar surface area (TPSA) is 53.0 Å². The number of rotatable bonds is 1. The average molecular weight is 150 g/mol. The van der Waals surface area contributed by atoms with Crippen molar-refractivity contribution in [2.24, 2.45) is 0 Å². The summed E-state index contributed by atoms with van der Waals surface area (Å²) in [5.74, 6) is 0.519. The van der Waals surface area contributed by atoms with Crippen LogP contribution in [0.4, 0.5) is 11.5 Å². The summed E-state index contributed by atoms with van der Waals surface area (Å²) in [6, 6.07) is 1.97. The molecule has 0 saturated carbocycles. The van der Waals surface area contributed by atoms with Crippen molar-refractivity contribution < 1.29 is 0 Å². The molecule has 0 aromatic carbocycles. The Hall–Kier alpha value is -1.25. The predicted molar refractivity (Wildman–Crippen MR) is 45.8 cm³/mol. The van der Waals surface area contributed by atoms with Crippen LogP contribution in [-0.2, 0) is 0 Å². The maximum absolute atomic E-state index is 5.63. The number of nitrogens with zero attached hydrogens (tertiary/aromatic N) is 2. The molecule has 0 spiro atoms. The summed E-state index contributed by atoms with van der Waals surface area (Å²) in [5.41, 5.74) is 8.45. The van der Waals surface area contributed by atoms with E-state index in [1.54, 1.807) is 7.05 Å². The van der Waals surface area contributed by atoms with Crippen LogP contribution in [0.15, 0.2) is 6.07 Å². The Morgan fingerprint density at radius 2 is 2.09 bits per heavy atom. The van der Waals surface area contributed by atoms with Gasteiger partial charge in [-0.1, -0.05) is 0 Å². The van der Waals surface area contributed by atoms with Crippen LogP contribution in [0.5, 0.6) is 0 Å². The first kappa shape index (κ1) is 7.85. The maximum atomic E-state index is 5.63. The van der Waals surface area contributed by atoms with Crippen molar-refractivity contribution in [3.05, 3.63) is 17.3 Å². The lowest BCUT2D eigenvalue weighted by Crippen LogP contribution is -2.01. The fourth-order valence-electron chi connectivity index (χ4n) is 1.15. The van der Waals surface area contributed by atoms with Gasteiger partial charge in [-0.05, 0) is 25.5 Å². The molecule has 0 fully saturated rings. The monoisotopic (exact) mass is 150 g/mol. The van der Waals surface area contributed by atoms with E-state index in [1.165, 1.54) is 0 Å². The molecule has 0 saturated heterocycles. The van der Waals surface area contributed by atoms with Crippen molar-refractivity contribution in [2.45, 2.75) is 13.8 Å².